The second kappa shape index (κ2) is 5.23. The SMILES string of the molecule is N#Cc1ccc(-c2cccc(Br)c2C#N)cc1Cl. The molecule has 0 fully saturated rings. The topological polar surface area (TPSA) is 47.6 Å². The second-order valence-corrected chi connectivity index (χ2v) is 4.84. The minimum atomic E-state index is 0.388. The van der Waals surface area contributed by atoms with Gasteiger partial charge < -0.3 is 0 Å². The van der Waals surface area contributed by atoms with Crippen LogP contribution in [0.2, 0.25) is 5.02 Å². The molecule has 2 nitrogen and oxygen atoms in total. The van der Waals surface area contributed by atoms with E-state index in [2.05, 4.69) is 22.0 Å². The highest BCUT2D eigenvalue weighted by molar-refractivity contribution is 9.10. The molecule has 0 amide bonds. The zero-order valence-corrected chi connectivity index (χ0v) is 11.5. The zero-order chi connectivity index (χ0) is 13.1. The summed E-state index contributed by atoms with van der Waals surface area (Å²) in [5.41, 5.74) is 2.59. The maximum atomic E-state index is 9.17. The Bertz CT molecular complexity index is 696. The summed E-state index contributed by atoms with van der Waals surface area (Å²) in [4.78, 5) is 0. The van der Waals surface area contributed by atoms with Gasteiger partial charge in [-0.05, 0) is 39.7 Å². The minimum absolute atomic E-state index is 0.388. The first kappa shape index (κ1) is 12.6. The molecule has 0 saturated heterocycles. The summed E-state index contributed by atoms with van der Waals surface area (Å²) in [7, 11) is 0. The van der Waals surface area contributed by atoms with Crippen molar-refractivity contribution in [2.75, 3.05) is 0 Å². The molecule has 0 aliphatic rings. The van der Waals surface area contributed by atoms with Crippen LogP contribution in [-0.2, 0) is 0 Å². The molecule has 4 heteroatoms. The summed E-state index contributed by atoms with van der Waals surface area (Å²) in [6.45, 7) is 0. The van der Waals surface area contributed by atoms with Crippen LogP contribution in [0.15, 0.2) is 40.9 Å². The summed E-state index contributed by atoms with van der Waals surface area (Å²) < 4.78 is 0.739. The zero-order valence-electron chi connectivity index (χ0n) is 9.11. The molecule has 0 atom stereocenters. The summed E-state index contributed by atoms with van der Waals surface area (Å²) in [5, 5.41) is 18.4. The third kappa shape index (κ3) is 2.24. The average Bonchev–Trinajstić information content (AvgIpc) is 2.38. The van der Waals surface area contributed by atoms with Crippen molar-refractivity contribution in [1.82, 2.24) is 0 Å². The summed E-state index contributed by atoms with van der Waals surface area (Å²) in [5.74, 6) is 0. The van der Waals surface area contributed by atoms with E-state index in [9.17, 15) is 0 Å². The predicted octanol–water partition coefficient (Wildman–Crippen LogP) is 4.51. The van der Waals surface area contributed by atoms with E-state index in [0.717, 1.165) is 15.6 Å². The molecule has 86 valence electrons. The van der Waals surface area contributed by atoms with Crippen LogP contribution in [-0.4, -0.2) is 0 Å². The number of hydrogen-bond donors (Lipinski definition) is 0. The number of nitrogens with zero attached hydrogens (tertiary/aromatic N) is 2. The molecular weight excluding hydrogens is 312 g/mol. The van der Waals surface area contributed by atoms with Gasteiger partial charge in [0, 0.05) is 10.0 Å². The van der Waals surface area contributed by atoms with E-state index < -0.39 is 0 Å². The van der Waals surface area contributed by atoms with Gasteiger partial charge in [-0.1, -0.05) is 29.8 Å². The standard InChI is InChI=1S/C14H6BrClN2/c15-13-3-1-2-11(12(13)8-18)9-4-5-10(7-17)14(16)6-9/h1-6H. The maximum Gasteiger partial charge on any atom is 0.101 e. The fourth-order valence-corrected chi connectivity index (χ4v) is 2.33. The molecule has 0 bridgehead atoms. The molecule has 0 aliphatic carbocycles. The van der Waals surface area contributed by atoms with Gasteiger partial charge in [-0.25, -0.2) is 0 Å². The van der Waals surface area contributed by atoms with Gasteiger partial charge in [0.05, 0.1) is 16.1 Å². The Morgan fingerprint density at radius 3 is 2.44 bits per heavy atom. The first-order valence-electron chi connectivity index (χ1n) is 5.06. The normalized spacial score (nSPS) is 9.56. The van der Waals surface area contributed by atoms with Crippen LogP contribution in [0.1, 0.15) is 11.1 Å². The third-order valence-corrected chi connectivity index (χ3v) is 3.50. The quantitative estimate of drug-likeness (QED) is 0.776. The van der Waals surface area contributed by atoms with Crippen LogP contribution in [0.3, 0.4) is 0 Å². The molecule has 2 aromatic carbocycles. The van der Waals surface area contributed by atoms with Crippen molar-refractivity contribution >= 4 is 27.5 Å². The number of halogens is 2. The number of nitriles is 2. The van der Waals surface area contributed by atoms with Crippen molar-refractivity contribution in [3.05, 3.63) is 57.0 Å². The van der Waals surface area contributed by atoms with E-state index in [-0.39, 0.29) is 0 Å². The van der Waals surface area contributed by atoms with E-state index in [1.165, 1.54) is 0 Å². The van der Waals surface area contributed by atoms with Crippen LogP contribution in [0, 0.1) is 22.7 Å². The molecule has 0 N–H and O–H groups in total. The highest BCUT2D eigenvalue weighted by atomic mass is 79.9. The molecular formula is C14H6BrClN2. The Balaban J connectivity index is 2.64. The lowest BCUT2D eigenvalue weighted by molar-refractivity contribution is 1.45. The van der Waals surface area contributed by atoms with Gasteiger partial charge in [-0.3, -0.25) is 0 Å². The van der Waals surface area contributed by atoms with Crippen LogP contribution in [0.4, 0.5) is 0 Å². The lowest BCUT2D eigenvalue weighted by Crippen LogP contribution is -1.87. The van der Waals surface area contributed by atoms with Crippen molar-refractivity contribution in [3.63, 3.8) is 0 Å². The lowest BCUT2D eigenvalue weighted by Gasteiger charge is -2.07. The van der Waals surface area contributed by atoms with Crippen LogP contribution >= 0.6 is 27.5 Å². The van der Waals surface area contributed by atoms with E-state index in [1.807, 2.05) is 24.3 Å². The highest BCUT2D eigenvalue weighted by Crippen LogP contribution is 2.31. The van der Waals surface area contributed by atoms with Crippen molar-refractivity contribution in [1.29, 1.82) is 10.5 Å². The molecule has 0 unspecified atom stereocenters. The second-order valence-electron chi connectivity index (χ2n) is 3.58. The Morgan fingerprint density at radius 1 is 1.06 bits per heavy atom. The average molecular weight is 318 g/mol. The number of hydrogen-bond acceptors (Lipinski definition) is 2. The monoisotopic (exact) mass is 316 g/mol. The van der Waals surface area contributed by atoms with E-state index in [1.54, 1.807) is 18.2 Å². The van der Waals surface area contributed by atoms with Crippen LogP contribution in [0.5, 0.6) is 0 Å². The Labute approximate surface area is 118 Å². The van der Waals surface area contributed by atoms with Gasteiger partial charge in [0.2, 0.25) is 0 Å². The van der Waals surface area contributed by atoms with E-state index in [0.29, 0.717) is 16.1 Å². The Morgan fingerprint density at radius 2 is 1.83 bits per heavy atom. The van der Waals surface area contributed by atoms with Crippen molar-refractivity contribution in [3.8, 4) is 23.3 Å². The van der Waals surface area contributed by atoms with Gasteiger partial charge in [0.25, 0.3) is 0 Å². The van der Waals surface area contributed by atoms with E-state index >= 15 is 0 Å². The minimum Gasteiger partial charge on any atom is -0.192 e. The van der Waals surface area contributed by atoms with Gasteiger partial charge in [0.15, 0.2) is 0 Å². The van der Waals surface area contributed by atoms with Crippen LogP contribution in [0.25, 0.3) is 11.1 Å². The number of rotatable bonds is 1. The predicted molar refractivity (Wildman–Crippen MR) is 74.0 cm³/mol. The summed E-state index contributed by atoms with van der Waals surface area (Å²) >= 11 is 9.34. The van der Waals surface area contributed by atoms with Crippen LogP contribution < -0.4 is 0 Å². The first-order chi connectivity index (χ1) is 8.67. The smallest absolute Gasteiger partial charge is 0.101 e. The van der Waals surface area contributed by atoms with Gasteiger partial charge in [0.1, 0.15) is 12.1 Å². The van der Waals surface area contributed by atoms with Crippen molar-refractivity contribution in [2.45, 2.75) is 0 Å². The molecule has 2 aromatic rings. The van der Waals surface area contributed by atoms with E-state index in [4.69, 9.17) is 22.1 Å². The molecule has 0 saturated carbocycles. The summed E-state index contributed by atoms with van der Waals surface area (Å²) in [6, 6.07) is 14.8. The van der Waals surface area contributed by atoms with Crippen molar-refractivity contribution < 1.29 is 0 Å². The lowest BCUT2D eigenvalue weighted by atomic mass is 9.99. The molecule has 2 rings (SSSR count). The maximum absolute atomic E-state index is 9.17. The Kier molecular flexibility index (Phi) is 3.67. The Hall–Kier alpha value is -1.81. The van der Waals surface area contributed by atoms with Crippen molar-refractivity contribution in [2.24, 2.45) is 0 Å². The largest absolute Gasteiger partial charge is 0.192 e. The number of benzene rings is 2. The molecule has 0 aromatic heterocycles. The molecule has 0 aliphatic heterocycles. The molecule has 0 radical (unpaired) electrons. The summed E-state index contributed by atoms with van der Waals surface area (Å²) in [6.07, 6.45) is 0. The molecule has 0 heterocycles. The third-order valence-electron chi connectivity index (χ3n) is 2.53. The fraction of sp³-hybridized carbons (Fsp3) is 0. The van der Waals surface area contributed by atoms with Gasteiger partial charge >= 0.3 is 0 Å². The highest BCUT2D eigenvalue weighted by Gasteiger charge is 2.09. The first-order valence-corrected chi connectivity index (χ1v) is 6.23. The van der Waals surface area contributed by atoms with Gasteiger partial charge in [-0.2, -0.15) is 10.5 Å². The fourth-order valence-electron chi connectivity index (χ4n) is 1.65. The molecule has 18 heavy (non-hydrogen) atoms. The molecule has 0 spiro atoms. The van der Waals surface area contributed by atoms with Gasteiger partial charge in [-0.15, -0.1) is 0 Å².